The molecule has 5 rings (SSSR count). The van der Waals surface area contributed by atoms with Gasteiger partial charge in [-0.2, -0.15) is 0 Å². The summed E-state index contributed by atoms with van der Waals surface area (Å²) in [7, 11) is 0. The van der Waals surface area contributed by atoms with Crippen molar-refractivity contribution in [3.05, 3.63) is 89.5 Å². The van der Waals surface area contributed by atoms with Crippen molar-refractivity contribution in [3.8, 4) is 17.1 Å². The molecule has 7 nitrogen and oxygen atoms in total. The number of amides is 1. The lowest BCUT2D eigenvalue weighted by Crippen LogP contribution is -2.41. The van der Waals surface area contributed by atoms with Crippen molar-refractivity contribution in [2.75, 3.05) is 17.3 Å². The molecule has 2 heterocycles. The first-order chi connectivity index (χ1) is 17.0. The van der Waals surface area contributed by atoms with Gasteiger partial charge in [0.05, 0.1) is 12.6 Å². The fraction of sp³-hybridized carbons (Fsp3) is 0.222. The summed E-state index contributed by atoms with van der Waals surface area (Å²) in [6, 6.07) is 23.5. The number of thioether (sulfide) groups is 1. The smallest absolute Gasteiger partial charge is 0.240 e. The maximum atomic E-state index is 13.6. The molecule has 0 saturated heterocycles. The summed E-state index contributed by atoms with van der Waals surface area (Å²) >= 11 is 1.41. The molecular weight excluding hydrogens is 458 g/mol. The minimum absolute atomic E-state index is 0.0955. The minimum atomic E-state index is -0.464. The van der Waals surface area contributed by atoms with E-state index in [2.05, 4.69) is 27.0 Å². The Labute approximate surface area is 208 Å². The van der Waals surface area contributed by atoms with Gasteiger partial charge in [-0.3, -0.25) is 4.79 Å². The molecular formula is C27H27N5O2S. The molecule has 2 atom stereocenters. The highest BCUT2D eigenvalue weighted by atomic mass is 32.2. The maximum Gasteiger partial charge on any atom is 0.240 e. The molecule has 8 heteroatoms. The molecule has 2 N–H and O–H groups in total. The van der Waals surface area contributed by atoms with E-state index in [1.54, 1.807) is 0 Å². The van der Waals surface area contributed by atoms with E-state index in [9.17, 15) is 4.79 Å². The number of carbonyl (C=O) groups excluding carboxylic acids is 1. The first-order valence-electron chi connectivity index (χ1n) is 11.6. The van der Waals surface area contributed by atoms with E-state index in [0.29, 0.717) is 17.6 Å². The average Bonchev–Trinajstić information content (AvgIpc) is 3.27. The zero-order chi connectivity index (χ0) is 24.4. The van der Waals surface area contributed by atoms with Gasteiger partial charge in [-0.05, 0) is 61.7 Å². The number of carbonyl (C=O) groups is 1. The van der Waals surface area contributed by atoms with Crippen LogP contribution in [0.2, 0.25) is 0 Å². The van der Waals surface area contributed by atoms with Gasteiger partial charge in [0.15, 0.2) is 5.82 Å². The largest absolute Gasteiger partial charge is 0.494 e. The lowest BCUT2D eigenvalue weighted by atomic mass is 10.0. The van der Waals surface area contributed by atoms with E-state index in [4.69, 9.17) is 4.74 Å². The number of ether oxygens (including phenoxy) is 1. The third-order valence-corrected chi connectivity index (χ3v) is 6.98. The van der Waals surface area contributed by atoms with Gasteiger partial charge in [0, 0.05) is 11.3 Å². The second-order valence-electron chi connectivity index (χ2n) is 8.52. The maximum absolute atomic E-state index is 13.6. The molecule has 0 bridgehead atoms. The molecule has 1 aliphatic rings. The number of aryl methyl sites for hydroxylation is 2. The third-order valence-electron chi connectivity index (χ3n) is 5.77. The highest BCUT2D eigenvalue weighted by Gasteiger charge is 2.38. The van der Waals surface area contributed by atoms with E-state index in [1.807, 2.05) is 92.2 Å². The van der Waals surface area contributed by atoms with Crippen molar-refractivity contribution in [1.29, 1.82) is 0 Å². The molecule has 1 amide bonds. The molecule has 0 spiro atoms. The Balaban J connectivity index is 1.50. The monoisotopic (exact) mass is 485 g/mol. The normalized spacial score (nSPS) is 16.8. The molecule has 0 fully saturated rings. The molecule has 0 saturated carbocycles. The van der Waals surface area contributed by atoms with Gasteiger partial charge in [-0.15, -0.1) is 10.2 Å². The molecule has 0 aliphatic carbocycles. The molecule has 35 heavy (non-hydrogen) atoms. The Morgan fingerprint density at radius 2 is 1.74 bits per heavy atom. The Morgan fingerprint density at radius 3 is 2.43 bits per heavy atom. The topological polar surface area (TPSA) is 81.1 Å². The Kier molecular flexibility index (Phi) is 6.46. The van der Waals surface area contributed by atoms with Crippen molar-refractivity contribution >= 4 is 23.4 Å². The summed E-state index contributed by atoms with van der Waals surface area (Å²) in [6.45, 7) is 6.60. The third kappa shape index (κ3) is 4.88. The van der Waals surface area contributed by atoms with E-state index in [-0.39, 0.29) is 11.9 Å². The number of aromatic nitrogens is 3. The summed E-state index contributed by atoms with van der Waals surface area (Å²) < 4.78 is 7.49. The van der Waals surface area contributed by atoms with Gasteiger partial charge >= 0.3 is 0 Å². The quantitative estimate of drug-likeness (QED) is 0.383. The Bertz CT molecular complexity index is 1320. The Hall–Kier alpha value is -3.78. The van der Waals surface area contributed by atoms with Crippen LogP contribution in [0.3, 0.4) is 0 Å². The lowest BCUT2D eigenvalue weighted by molar-refractivity contribution is -0.116. The van der Waals surface area contributed by atoms with Crippen LogP contribution in [-0.4, -0.2) is 32.6 Å². The van der Waals surface area contributed by atoms with Crippen LogP contribution in [-0.2, 0) is 4.79 Å². The van der Waals surface area contributed by atoms with Crippen LogP contribution in [0.5, 0.6) is 5.75 Å². The number of rotatable bonds is 6. The SMILES string of the molecule is CCOc1ccc([C@H]2Nn3c(nnc3-c3ccccc3)S[C@@H]2C(=O)Nc2cc(C)cc(C)c2)cc1. The van der Waals surface area contributed by atoms with Gasteiger partial charge in [-0.25, -0.2) is 4.68 Å². The summed E-state index contributed by atoms with van der Waals surface area (Å²) in [5.41, 5.74) is 8.43. The highest BCUT2D eigenvalue weighted by molar-refractivity contribution is 8.00. The summed E-state index contributed by atoms with van der Waals surface area (Å²) in [5.74, 6) is 1.41. The molecule has 1 aromatic heterocycles. The molecule has 0 unspecified atom stereocenters. The van der Waals surface area contributed by atoms with E-state index in [0.717, 1.165) is 33.7 Å². The van der Waals surface area contributed by atoms with Crippen LogP contribution >= 0.6 is 11.8 Å². The van der Waals surface area contributed by atoms with Gasteiger partial charge in [0.2, 0.25) is 11.1 Å². The predicted octanol–water partition coefficient (Wildman–Crippen LogP) is 5.36. The Morgan fingerprint density at radius 1 is 1.03 bits per heavy atom. The molecule has 4 aromatic rings. The zero-order valence-electron chi connectivity index (χ0n) is 19.9. The first kappa shape index (κ1) is 23.0. The molecule has 1 aliphatic heterocycles. The van der Waals surface area contributed by atoms with Crippen molar-refractivity contribution < 1.29 is 9.53 Å². The van der Waals surface area contributed by atoms with Gasteiger partial charge in [0.25, 0.3) is 0 Å². The number of benzene rings is 3. The van der Waals surface area contributed by atoms with Crippen LogP contribution < -0.4 is 15.5 Å². The fourth-order valence-corrected chi connectivity index (χ4v) is 5.36. The number of fused-ring (bicyclic) bond motifs is 1. The zero-order valence-corrected chi connectivity index (χ0v) is 20.7. The van der Waals surface area contributed by atoms with E-state index >= 15 is 0 Å². The van der Waals surface area contributed by atoms with Crippen molar-refractivity contribution in [1.82, 2.24) is 14.9 Å². The average molecular weight is 486 g/mol. The summed E-state index contributed by atoms with van der Waals surface area (Å²) in [5, 5.41) is 12.1. The standard InChI is InChI=1S/C27H27N5O2S/c1-4-34-22-12-10-19(11-13-22)23-24(26(33)28-21-15-17(2)14-18(3)16-21)35-27-30-29-25(32(27)31-23)20-8-6-5-7-9-20/h5-16,23-24,31H,4H2,1-3H3,(H,28,33)/t23-,24+/m1/s1. The number of anilines is 1. The highest BCUT2D eigenvalue weighted by Crippen LogP contribution is 2.39. The van der Waals surface area contributed by atoms with Crippen molar-refractivity contribution in [2.45, 2.75) is 37.2 Å². The van der Waals surface area contributed by atoms with Crippen LogP contribution in [0.1, 0.15) is 29.7 Å². The number of nitrogens with one attached hydrogen (secondary N) is 2. The number of nitrogens with zero attached hydrogens (tertiary/aromatic N) is 3. The van der Waals surface area contributed by atoms with Crippen LogP contribution in [0, 0.1) is 13.8 Å². The van der Waals surface area contributed by atoms with Crippen molar-refractivity contribution in [2.24, 2.45) is 0 Å². The van der Waals surface area contributed by atoms with E-state index in [1.165, 1.54) is 11.8 Å². The number of hydrogen-bond donors (Lipinski definition) is 2. The molecule has 3 aromatic carbocycles. The number of hydrogen-bond acceptors (Lipinski definition) is 6. The van der Waals surface area contributed by atoms with Crippen LogP contribution in [0.15, 0.2) is 78.0 Å². The predicted molar refractivity (Wildman–Crippen MR) is 139 cm³/mol. The summed E-state index contributed by atoms with van der Waals surface area (Å²) in [4.78, 5) is 13.6. The first-order valence-corrected chi connectivity index (χ1v) is 12.5. The van der Waals surface area contributed by atoms with E-state index < -0.39 is 5.25 Å². The molecule has 178 valence electrons. The van der Waals surface area contributed by atoms with Crippen LogP contribution in [0.4, 0.5) is 5.69 Å². The fourth-order valence-electron chi connectivity index (χ4n) is 4.28. The summed E-state index contributed by atoms with van der Waals surface area (Å²) in [6.07, 6.45) is 0. The van der Waals surface area contributed by atoms with Gasteiger partial charge < -0.3 is 15.5 Å². The second-order valence-corrected chi connectivity index (χ2v) is 9.63. The van der Waals surface area contributed by atoms with Gasteiger partial charge in [0.1, 0.15) is 11.0 Å². The minimum Gasteiger partial charge on any atom is -0.494 e. The second kappa shape index (κ2) is 9.84. The van der Waals surface area contributed by atoms with Gasteiger partial charge in [-0.1, -0.05) is 60.3 Å². The van der Waals surface area contributed by atoms with Crippen molar-refractivity contribution in [3.63, 3.8) is 0 Å². The lowest BCUT2D eigenvalue weighted by Gasteiger charge is -2.33. The molecule has 0 radical (unpaired) electrons. The van der Waals surface area contributed by atoms with Crippen LogP contribution in [0.25, 0.3) is 11.4 Å².